The summed E-state index contributed by atoms with van der Waals surface area (Å²) in [4.78, 5) is 12.3. The van der Waals surface area contributed by atoms with E-state index in [4.69, 9.17) is 0 Å². The molecule has 0 aliphatic heterocycles. The molecule has 0 radical (unpaired) electrons. The molecule has 0 aliphatic carbocycles. The minimum absolute atomic E-state index is 0.0413. The van der Waals surface area contributed by atoms with E-state index in [0.717, 1.165) is 0 Å². The molecule has 2 N–H and O–H groups in total. The molecule has 0 fully saturated rings. The van der Waals surface area contributed by atoms with Gasteiger partial charge in [0, 0.05) is 18.2 Å². The van der Waals surface area contributed by atoms with Gasteiger partial charge in [0.1, 0.15) is 5.82 Å². The second-order valence-corrected chi connectivity index (χ2v) is 7.77. The maximum Gasteiger partial charge on any atom is 0.251 e. The van der Waals surface area contributed by atoms with Gasteiger partial charge in [-0.15, -0.1) is 0 Å². The van der Waals surface area contributed by atoms with E-state index >= 15 is 0 Å². The van der Waals surface area contributed by atoms with E-state index in [2.05, 4.69) is 10.0 Å². The molecule has 0 aromatic heterocycles. The summed E-state index contributed by atoms with van der Waals surface area (Å²) in [6.07, 6.45) is 1.02. The van der Waals surface area contributed by atoms with Gasteiger partial charge >= 0.3 is 0 Å². The SMILES string of the molecule is CCC(C)NS(=O)(=O)c1cccc(C(=O)NCCc2ccccc2F)c1. The van der Waals surface area contributed by atoms with Gasteiger partial charge in [0.2, 0.25) is 10.0 Å². The standard InChI is InChI=1S/C19H23FN2O3S/c1-3-14(2)22-26(24,25)17-9-6-8-16(13-17)19(23)21-12-11-15-7-4-5-10-18(15)20/h4-10,13-14,22H,3,11-12H2,1-2H3,(H,21,23). The molecule has 0 aliphatic rings. The smallest absolute Gasteiger partial charge is 0.251 e. The lowest BCUT2D eigenvalue weighted by molar-refractivity contribution is 0.0954. The summed E-state index contributed by atoms with van der Waals surface area (Å²) in [5, 5.41) is 2.68. The van der Waals surface area contributed by atoms with Crippen molar-refractivity contribution < 1.29 is 17.6 Å². The van der Waals surface area contributed by atoms with Crippen molar-refractivity contribution in [2.75, 3.05) is 6.54 Å². The second-order valence-electron chi connectivity index (χ2n) is 6.06. The number of sulfonamides is 1. The van der Waals surface area contributed by atoms with Crippen LogP contribution in [-0.4, -0.2) is 26.9 Å². The Labute approximate surface area is 153 Å². The predicted octanol–water partition coefficient (Wildman–Crippen LogP) is 2.88. The van der Waals surface area contributed by atoms with E-state index in [1.165, 1.54) is 24.3 Å². The van der Waals surface area contributed by atoms with Crippen molar-refractivity contribution >= 4 is 15.9 Å². The van der Waals surface area contributed by atoms with Gasteiger partial charge < -0.3 is 5.32 Å². The van der Waals surface area contributed by atoms with Gasteiger partial charge in [0.15, 0.2) is 0 Å². The summed E-state index contributed by atoms with van der Waals surface area (Å²) in [6.45, 7) is 3.91. The van der Waals surface area contributed by atoms with Crippen LogP contribution in [0.4, 0.5) is 4.39 Å². The Kier molecular flexibility index (Phi) is 6.88. The van der Waals surface area contributed by atoms with Crippen molar-refractivity contribution in [3.63, 3.8) is 0 Å². The summed E-state index contributed by atoms with van der Waals surface area (Å²) >= 11 is 0. The molecule has 1 unspecified atom stereocenters. The third-order valence-electron chi connectivity index (χ3n) is 4.01. The highest BCUT2D eigenvalue weighted by Gasteiger charge is 2.18. The normalized spacial score (nSPS) is 12.6. The molecule has 1 amide bonds. The van der Waals surface area contributed by atoms with Crippen LogP contribution in [0, 0.1) is 5.82 Å². The van der Waals surface area contributed by atoms with E-state index in [-0.39, 0.29) is 28.9 Å². The molecule has 140 valence electrons. The Balaban J connectivity index is 2.02. The van der Waals surface area contributed by atoms with Crippen LogP contribution in [0.15, 0.2) is 53.4 Å². The zero-order valence-corrected chi connectivity index (χ0v) is 15.6. The van der Waals surface area contributed by atoms with Gasteiger partial charge in [-0.1, -0.05) is 31.2 Å². The third-order valence-corrected chi connectivity index (χ3v) is 5.60. The summed E-state index contributed by atoms with van der Waals surface area (Å²) in [6, 6.07) is 12.0. The van der Waals surface area contributed by atoms with Gasteiger partial charge in [0.25, 0.3) is 5.91 Å². The Morgan fingerprint density at radius 2 is 1.88 bits per heavy atom. The molecular weight excluding hydrogens is 355 g/mol. The fraction of sp³-hybridized carbons (Fsp3) is 0.316. The molecule has 2 rings (SSSR count). The van der Waals surface area contributed by atoms with E-state index in [0.29, 0.717) is 18.4 Å². The van der Waals surface area contributed by atoms with Crippen LogP contribution in [-0.2, 0) is 16.4 Å². The van der Waals surface area contributed by atoms with Crippen molar-refractivity contribution in [2.45, 2.75) is 37.6 Å². The molecule has 1 atom stereocenters. The number of hydrogen-bond donors (Lipinski definition) is 2. The number of carbonyl (C=O) groups is 1. The van der Waals surface area contributed by atoms with Crippen LogP contribution in [0.2, 0.25) is 0 Å². The highest BCUT2D eigenvalue weighted by Crippen LogP contribution is 2.13. The number of benzene rings is 2. The average Bonchev–Trinajstić information content (AvgIpc) is 2.63. The Morgan fingerprint density at radius 1 is 1.15 bits per heavy atom. The first-order chi connectivity index (χ1) is 12.3. The Morgan fingerprint density at radius 3 is 2.58 bits per heavy atom. The van der Waals surface area contributed by atoms with Gasteiger partial charge in [-0.2, -0.15) is 0 Å². The number of hydrogen-bond acceptors (Lipinski definition) is 3. The number of halogens is 1. The van der Waals surface area contributed by atoms with E-state index in [1.54, 1.807) is 31.2 Å². The highest BCUT2D eigenvalue weighted by molar-refractivity contribution is 7.89. The molecular formula is C19H23FN2O3S. The summed E-state index contributed by atoms with van der Waals surface area (Å²) in [5.41, 5.74) is 0.757. The molecule has 0 heterocycles. The monoisotopic (exact) mass is 378 g/mol. The Hall–Kier alpha value is -2.25. The number of carbonyl (C=O) groups excluding carboxylic acids is 1. The predicted molar refractivity (Wildman–Crippen MR) is 99.0 cm³/mol. The van der Waals surface area contributed by atoms with Crippen LogP contribution in [0.3, 0.4) is 0 Å². The highest BCUT2D eigenvalue weighted by atomic mass is 32.2. The number of nitrogens with one attached hydrogen (secondary N) is 2. The number of amides is 1. The fourth-order valence-corrected chi connectivity index (χ4v) is 3.71. The maximum atomic E-state index is 13.6. The molecule has 0 saturated heterocycles. The maximum absolute atomic E-state index is 13.6. The zero-order chi connectivity index (χ0) is 19.2. The third kappa shape index (κ3) is 5.37. The molecule has 0 bridgehead atoms. The first kappa shape index (κ1) is 20.1. The van der Waals surface area contributed by atoms with E-state index in [9.17, 15) is 17.6 Å². The summed E-state index contributed by atoms with van der Waals surface area (Å²) in [5.74, 6) is -0.715. The van der Waals surface area contributed by atoms with Gasteiger partial charge in [-0.05, 0) is 49.6 Å². The molecule has 26 heavy (non-hydrogen) atoms. The molecule has 7 heteroatoms. The van der Waals surface area contributed by atoms with Crippen molar-refractivity contribution in [1.29, 1.82) is 0 Å². The van der Waals surface area contributed by atoms with Crippen LogP contribution in [0.25, 0.3) is 0 Å². The van der Waals surface area contributed by atoms with Crippen molar-refractivity contribution in [3.05, 3.63) is 65.5 Å². The Bertz CT molecular complexity index is 869. The lowest BCUT2D eigenvalue weighted by Gasteiger charge is -2.13. The van der Waals surface area contributed by atoms with Crippen molar-refractivity contribution in [1.82, 2.24) is 10.0 Å². The minimum atomic E-state index is -3.68. The van der Waals surface area contributed by atoms with Gasteiger partial charge in [0.05, 0.1) is 4.90 Å². The van der Waals surface area contributed by atoms with Crippen molar-refractivity contribution in [3.8, 4) is 0 Å². The molecule has 5 nitrogen and oxygen atoms in total. The largest absolute Gasteiger partial charge is 0.352 e. The fourth-order valence-electron chi connectivity index (χ4n) is 2.33. The molecule has 0 saturated carbocycles. The van der Waals surface area contributed by atoms with Gasteiger partial charge in [-0.25, -0.2) is 17.5 Å². The lowest BCUT2D eigenvalue weighted by Crippen LogP contribution is -2.32. The van der Waals surface area contributed by atoms with E-state index < -0.39 is 15.9 Å². The summed E-state index contributed by atoms with van der Waals surface area (Å²) < 4.78 is 40.8. The topological polar surface area (TPSA) is 75.3 Å². The zero-order valence-electron chi connectivity index (χ0n) is 14.8. The first-order valence-corrected chi connectivity index (χ1v) is 9.96. The molecule has 0 spiro atoms. The minimum Gasteiger partial charge on any atom is -0.352 e. The quantitative estimate of drug-likeness (QED) is 0.742. The second kappa shape index (κ2) is 8.91. The molecule has 2 aromatic carbocycles. The van der Waals surface area contributed by atoms with Crippen LogP contribution in [0.1, 0.15) is 36.2 Å². The van der Waals surface area contributed by atoms with Crippen molar-refractivity contribution in [2.24, 2.45) is 0 Å². The average molecular weight is 378 g/mol. The van der Waals surface area contributed by atoms with Crippen LogP contribution >= 0.6 is 0 Å². The number of rotatable bonds is 8. The molecule has 2 aromatic rings. The lowest BCUT2D eigenvalue weighted by atomic mass is 10.1. The van der Waals surface area contributed by atoms with Crippen LogP contribution < -0.4 is 10.0 Å². The van der Waals surface area contributed by atoms with E-state index in [1.807, 2.05) is 6.92 Å². The summed E-state index contributed by atoms with van der Waals surface area (Å²) in [7, 11) is -3.68. The van der Waals surface area contributed by atoms with Gasteiger partial charge in [-0.3, -0.25) is 4.79 Å². The first-order valence-electron chi connectivity index (χ1n) is 8.47. The van der Waals surface area contributed by atoms with Crippen LogP contribution in [0.5, 0.6) is 0 Å².